The average Bonchev–Trinajstić information content (AvgIpc) is 3.39. The minimum Gasteiger partial charge on any atom is -0.495 e. The van der Waals surface area contributed by atoms with Crippen LogP contribution in [0.3, 0.4) is 0 Å². The maximum atomic E-state index is 13.6. The molecule has 0 spiro atoms. The lowest BCUT2D eigenvalue weighted by molar-refractivity contribution is -0.127. The van der Waals surface area contributed by atoms with E-state index in [-0.39, 0.29) is 17.7 Å². The standard InChI is InChI=1S/C28H33N3O3S/c1-20-10-11-25(34-2)24(19-20)30-28(33)26(21-7-4-3-5-8-21)31-16-13-22(14-17-31)27(32)29-15-12-23-9-6-18-35-23/h3-11,18-19,22,26H,12-17H2,1-2H3,(H,29,32)(H,30,33). The number of likely N-dealkylation sites (tertiary alicyclic amines) is 1. The number of nitrogens with one attached hydrogen (secondary N) is 2. The number of rotatable bonds is 9. The van der Waals surface area contributed by atoms with Gasteiger partial charge in [-0.2, -0.15) is 0 Å². The molecule has 0 bridgehead atoms. The summed E-state index contributed by atoms with van der Waals surface area (Å²) in [6.07, 6.45) is 2.32. The first-order valence-corrected chi connectivity index (χ1v) is 13.0. The Morgan fingerprint density at radius 1 is 1.09 bits per heavy atom. The van der Waals surface area contributed by atoms with E-state index >= 15 is 0 Å². The number of carbonyl (C=O) groups excluding carboxylic acids is 2. The average molecular weight is 492 g/mol. The van der Waals surface area contributed by atoms with Crippen molar-refractivity contribution in [2.75, 3.05) is 32.1 Å². The van der Waals surface area contributed by atoms with Gasteiger partial charge in [-0.05, 0) is 74.0 Å². The summed E-state index contributed by atoms with van der Waals surface area (Å²) in [5.41, 5.74) is 2.65. The van der Waals surface area contributed by atoms with Crippen LogP contribution in [0, 0.1) is 12.8 Å². The molecular weight excluding hydrogens is 458 g/mol. The molecule has 3 aromatic rings. The fraction of sp³-hybridized carbons (Fsp3) is 0.357. The summed E-state index contributed by atoms with van der Waals surface area (Å²) in [6.45, 7) is 4.01. The molecule has 1 aliphatic rings. The Balaban J connectivity index is 1.40. The fourth-order valence-electron chi connectivity index (χ4n) is 4.61. The Bertz CT molecular complexity index is 1110. The van der Waals surface area contributed by atoms with E-state index in [1.807, 2.05) is 61.5 Å². The topological polar surface area (TPSA) is 70.7 Å². The van der Waals surface area contributed by atoms with E-state index in [9.17, 15) is 9.59 Å². The zero-order valence-electron chi connectivity index (χ0n) is 20.3. The SMILES string of the molecule is COc1ccc(C)cc1NC(=O)C(c1ccccc1)N1CCC(C(=O)NCCc2cccs2)CC1. The van der Waals surface area contributed by atoms with Gasteiger partial charge in [0.05, 0.1) is 12.8 Å². The van der Waals surface area contributed by atoms with E-state index in [0.717, 1.165) is 30.4 Å². The molecule has 0 saturated carbocycles. The number of benzene rings is 2. The Kier molecular flexibility index (Phi) is 8.55. The van der Waals surface area contributed by atoms with Gasteiger partial charge in [-0.25, -0.2) is 0 Å². The van der Waals surface area contributed by atoms with Gasteiger partial charge >= 0.3 is 0 Å². The maximum absolute atomic E-state index is 13.6. The van der Waals surface area contributed by atoms with Crippen LogP contribution in [0.25, 0.3) is 0 Å². The Hall–Kier alpha value is -3.16. The molecule has 1 unspecified atom stereocenters. The summed E-state index contributed by atoms with van der Waals surface area (Å²) in [4.78, 5) is 29.8. The molecule has 4 rings (SSSR count). The van der Waals surface area contributed by atoms with Crippen molar-refractivity contribution in [2.45, 2.75) is 32.2 Å². The van der Waals surface area contributed by atoms with Crippen LogP contribution in [0.5, 0.6) is 5.75 Å². The molecular formula is C28H33N3O3S. The molecule has 1 aliphatic heterocycles. The summed E-state index contributed by atoms with van der Waals surface area (Å²) >= 11 is 1.71. The third-order valence-corrected chi connectivity index (χ3v) is 7.43. The Labute approximate surface area is 211 Å². The summed E-state index contributed by atoms with van der Waals surface area (Å²) < 4.78 is 5.46. The van der Waals surface area contributed by atoms with Gasteiger partial charge in [0.25, 0.3) is 0 Å². The first-order valence-electron chi connectivity index (χ1n) is 12.1. The van der Waals surface area contributed by atoms with Gasteiger partial charge in [-0.15, -0.1) is 11.3 Å². The Morgan fingerprint density at radius 2 is 1.86 bits per heavy atom. The maximum Gasteiger partial charge on any atom is 0.246 e. The van der Waals surface area contributed by atoms with Gasteiger partial charge < -0.3 is 15.4 Å². The lowest BCUT2D eigenvalue weighted by atomic mass is 9.93. The number of hydrogen-bond acceptors (Lipinski definition) is 5. The number of anilines is 1. The van der Waals surface area contributed by atoms with Crippen LogP contribution in [0.1, 0.15) is 34.9 Å². The predicted octanol–water partition coefficient (Wildman–Crippen LogP) is 4.82. The minimum absolute atomic E-state index is 0.0223. The van der Waals surface area contributed by atoms with Gasteiger partial charge in [-0.3, -0.25) is 14.5 Å². The number of aryl methyl sites for hydroxylation is 1. The van der Waals surface area contributed by atoms with Crippen LogP contribution in [-0.4, -0.2) is 43.5 Å². The van der Waals surface area contributed by atoms with Crippen molar-refractivity contribution in [3.05, 3.63) is 82.0 Å². The highest BCUT2D eigenvalue weighted by atomic mass is 32.1. The van der Waals surface area contributed by atoms with Gasteiger partial charge in [0.2, 0.25) is 11.8 Å². The molecule has 0 radical (unpaired) electrons. The molecule has 1 atom stereocenters. The molecule has 2 amide bonds. The molecule has 2 heterocycles. The van der Waals surface area contributed by atoms with Crippen LogP contribution in [0.15, 0.2) is 66.0 Å². The van der Waals surface area contributed by atoms with Crippen molar-refractivity contribution in [1.82, 2.24) is 10.2 Å². The molecule has 1 saturated heterocycles. The van der Waals surface area contributed by atoms with Crippen LogP contribution in [0.4, 0.5) is 5.69 Å². The molecule has 6 nitrogen and oxygen atoms in total. The number of piperidine rings is 1. The number of nitrogens with zero attached hydrogens (tertiary/aromatic N) is 1. The van der Waals surface area contributed by atoms with Crippen molar-refractivity contribution in [1.29, 1.82) is 0 Å². The second-order valence-electron chi connectivity index (χ2n) is 8.94. The van der Waals surface area contributed by atoms with Crippen LogP contribution >= 0.6 is 11.3 Å². The van der Waals surface area contributed by atoms with E-state index in [2.05, 4.69) is 27.0 Å². The highest BCUT2D eigenvalue weighted by molar-refractivity contribution is 7.09. The van der Waals surface area contributed by atoms with Crippen LogP contribution in [-0.2, 0) is 16.0 Å². The summed E-state index contributed by atoms with van der Waals surface area (Å²) in [7, 11) is 1.60. The molecule has 1 aromatic heterocycles. The number of carbonyl (C=O) groups is 2. The zero-order chi connectivity index (χ0) is 24.6. The number of hydrogen-bond donors (Lipinski definition) is 2. The summed E-state index contributed by atoms with van der Waals surface area (Å²) in [6, 6.07) is 19.3. The lowest BCUT2D eigenvalue weighted by Gasteiger charge is -2.36. The number of ether oxygens (including phenoxy) is 1. The smallest absolute Gasteiger partial charge is 0.246 e. The van der Waals surface area contributed by atoms with Crippen molar-refractivity contribution in [3.63, 3.8) is 0 Å². The third kappa shape index (κ3) is 6.50. The number of thiophene rings is 1. The second kappa shape index (κ2) is 12.0. The first-order chi connectivity index (χ1) is 17.0. The van der Waals surface area contributed by atoms with E-state index in [1.165, 1.54) is 4.88 Å². The van der Waals surface area contributed by atoms with E-state index < -0.39 is 6.04 Å². The van der Waals surface area contributed by atoms with E-state index in [0.29, 0.717) is 31.1 Å². The monoisotopic (exact) mass is 491 g/mol. The van der Waals surface area contributed by atoms with Crippen LogP contribution < -0.4 is 15.4 Å². The van der Waals surface area contributed by atoms with Gasteiger partial charge in [-0.1, -0.05) is 42.5 Å². The van der Waals surface area contributed by atoms with E-state index in [4.69, 9.17) is 4.74 Å². The highest BCUT2D eigenvalue weighted by Crippen LogP contribution is 2.31. The Morgan fingerprint density at radius 3 is 2.54 bits per heavy atom. The van der Waals surface area contributed by atoms with Crippen molar-refractivity contribution in [2.24, 2.45) is 5.92 Å². The first kappa shape index (κ1) is 24.9. The number of amides is 2. The lowest BCUT2D eigenvalue weighted by Crippen LogP contribution is -2.45. The van der Waals surface area contributed by atoms with Gasteiger partial charge in [0.1, 0.15) is 11.8 Å². The van der Waals surface area contributed by atoms with E-state index in [1.54, 1.807) is 18.4 Å². The fourth-order valence-corrected chi connectivity index (χ4v) is 5.32. The highest BCUT2D eigenvalue weighted by Gasteiger charge is 2.33. The van der Waals surface area contributed by atoms with Crippen LogP contribution in [0.2, 0.25) is 0 Å². The normalized spacial score (nSPS) is 15.4. The number of methoxy groups -OCH3 is 1. The summed E-state index contributed by atoms with van der Waals surface area (Å²) in [5, 5.41) is 8.24. The second-order valence-corrected chi connectivity index (χ2v) is 9.97. The summed E-state index contributed by atoms with van der Waals surface area (Å²) in [5.74, 6) is 0.630. The third-order valence-electron chi connectivity index (χ3n) is 6.49. The zero-order valence-corrected chi connectivity index (χ0v) is 21.1. The van der Waals surface area contributed by atoms with Gasteiger partial charge in [0.15, 0.2) is 0 Å². The molecule has 2 N–H and O–H groups in total. The van der Waals surface area contributed by atoms with Crippen molar-refractivity contribution >= 4 is 28.8 Å². The molecule has 35 heavy (non-hydrogen) atoms. The largest absolute Gasteiger partial charge is 0.495 e. The minimum atomic E-state index is -0.441. The molecule has 2 aromatic carbocycles. The van der Waals surface area contributed by atoms with Crippen molar-refractivity contribution in [3.8, 4) is 5.75 Å². The molecule has 184 valence electrons. The van der Waals surface area contributed by atoms with Crippen molar-refractivity contribution < 1.29 is 14.3 Å². The predicted molar refractivity (Wildman–Crippen MR) is 141 cm³/mol. The molecule has 1 fully saturated rings. The molecule has 0 aliphatic carbocycles. The van der Waals surface area contributed by atoms with Gasteiger partial charge in [0, 0.05) is 17.3 Å². The quantitative estimate of drug-likeness (QED) is 0.450. The molecule has 7 heteroatoms.